The molecule has 2 aromatic rings. The molecule has 2 aliphatic heterocycles. The zero-order chi connectivity index (χ0) is 17.8. The smallest absolute Gasteiger partial charge is 0.236 e. The number of carbonyl (C=O) groups is 2. The molecule has 0 radical (unpaired) electrons. The van der Waals surface area contributed by atoms with Crippen molar-refractivity contribution in [2.75, 3.05) is 29.1 Å². The zero-order valence-corrected chi connectivity index (χ0v) is 14.6. The molecule has 0 bridgehead atoms. The van der Waals surface area contributed by atoms with Crippen molar-refractivity contribution in [2.24, 2.45) is 0 Å². The van der Waals surface area contributed by atoms with Gasteiger partial charge in [-0.2, -0.15) is 0 Å². The molecule has 2 aromatic carbocycles. The summed E-state index contributed by atoms with van der Waals surface area (Å²) in [5.41, 5.74) is 5.27. The van der Waals surface area contributed by atoms with E-state index in [4.69, 9.17) is 0 Å². The van der Waals surface area contributed by atoms with E-state index in [0.29, 0.717) is 13.0 Å². The normalized spacial score (nSPS) is 18.1. The lowest BCUT2D eigenvalue weighted by molar-refractivity contribution is -0.121. The highest BCUT2D eigenvalue weighted by molar-refractivity contribution is 6.08. The largest absolute Gasteiger partial charge is 0.382 e. The minimum Gasteiger partial charge on any atom is -0.382 e. The molecule has 0 unspecified atom stereocenters. The Morgan fingerprint density at radius 3 is 2.72 bits per heavy atom. The molecule has 2 heterocycles. The van der Waals surface area contributed by atoms with Gasteiger partial charge in [-0.1, -0.05) is 24.3 Å². The third-order valence-corrected chi connectivity index (χ3v) is 5.18. The molecule has 5 heteroatoms. The van der Waals surface area contributed by atoms with Gasteiger partial charge < -0.3 is 15.5 Å². The highest BCUT2D eigenvalue weighted by Crippen LogP contribution is 2.44. The van der Waals surface area contributed by atoms with E-state index in [1.807, 2.05) is 45.2 Å². The highest BCUT2D eigenvalue weighted by Gasteiger charge is 2.42. The van der Waals surface area contributed by atoms with Crippen molar-refractivity contribution in [1.82, 2.24) is 0 Å². The number of carbonyl (C=O) groups excluding carboxylic acids is 2. The van der Waals surface area contributed by atoms with Crippen LogP contribution >= 0.6 is 0 Å². The van der Waals surface area contributed by atoms with E-state index >= 15 is 0 Å². The zero-order valence-electron chi connectivity index (χ0n) is 14.6. The number of amides is 2. The Hall–Kier alpha value is -2.82. The fraction of sp³-hybridized carbons (Fsp3) is 0.300. The predicted molar refractivity (Wildman–Crippen MR) is 100 cm³/mol. The van der Waals surface area contributed by atoms with E-state index in [9.17, 15) is 9.59 Å². The maximum absolute atomic E-state index is 12.5. The van der Waals surface area contributed by atoms with E-state index in [0.717, 1.165) is 33.8 Å². The number of benzene rings is 2. The molecule has 25 heavy (non-hydrogen) atoms. The molecule has 2 amide bonds. The van der Waals surface area contributed by atoms with Crippen LogP contribution in [0.2, 0.25) is 0 Å². The molecule has 0 aromatic heterocycles. The molecule has 0 fully saturated rings. The first-order chi connectivity index (χ1) is 11.9. The van der Waals surface area contributed by atoms with Crippen molar-refractivity contribution in [3.63, 3.8) is 0 Å². The van der Waals surface area contributed by atoms with Gasteiger partial charge in [0.2, 0.25) is 11.8 Å². The summed E-state index contributed by atoms with van der Waals surface area (Å²) in [5, 5.41) is 6.31. The van der Waals surface area contributed by atoms with Crippen LogP contribution in [-0.4, -0.2) is 25.4 Å². The maximum atomic E-state index is 12.5. The van der Waals surface area contributed by atoms with Crippen molar-refractivity contribution in [3.05, 3.63) is 42.0 Å². The second-order valence-corrected chi connectivity index (χ2v) is 7.17. The maximum Gasteiger partial charge on any atom is 0.236 e. The van der Waals surface area contributed by atoms with Crippen molar-refractivity contribution in [2.45, 2.75) is 25.7 Å². The lowest BCUT2D eigenvalue weighted by Gasteiger charge is -2.16. The quantitative estimate of drug-likeness (QED) is 0.840. The van der Waals surface area contributed by atoms with Gasteiger partial charge in [-0.05, 0) is 37.1 Å². The molecule has 0 spiro atoms. The average molecular weight is 335 g/mol. The van der Waals surface area contributed by atoms with Crippen molar-refractivity contribution < 1.29 is 9.59 Å². The molecular formula is C20H21N3O2. The Labute approximate surface area is 147 Å². The number of hydrogen-bond acceptors (Lipinski definition) is 3. The average Bonchev–Trinajstić information content (AvgIpc) is 2.74. The van der Waals surface area contributed by atoms with Gasteiger partial charge in [0.05, 0.1) is 16.8 Å². The molecule has 4 rings (SSSR count). The second kappa shape index (κ2) is 5.34. The highest BCUT2D eigenvalue weighted by atomic mass is 16.2. The van der Waals surface area contributed by atoms with Gasteiger partial charge in [0, 0.05) is 31.3 Å². The number of likely N-dealkylation sites (N-methyl/N-ethyl adjacent to an activating group) is 1. The summed E-state index contributed by atoms with van der Waals surface area (Å²) in [6.45, 7) is 4.53. The van der Waals surface area contributed by atoms with Crippen molar-refractivity contribution in [1.29, 1.82) is 0 Å². The third-order valence-electron chi connectivity index (χ3n) is 5.18. The number of fused-ring (bicyclic) bond motifs is 2. The van der Waals surface area contributed by atoms with Crippen LogP contribution in [0.4, 0.5) is 17.1 Å². The minimum absolute atomic E-state index is 0.0180. The Balaban J connectivity index is 1.85. The van der Waals surface area contributed by atoms with Crippen LogP contribution in [0, 0.1) is 0 Å². The van der Waals surface area contributed by atoms with E-state index in [1.54, 1.807) is 4.90 Å². The topological polar surface area (TPSA) is 61.4 Å². The second-order valence-electron chi connectivity index (χ2n) is 7.17. The number of anilines is 3. The van der Waals surface area contributed by atoms with E-state index in [-0.39, 0.29) is 11.8 Å². The van der Waals surface area contributed by atoms with E-state index in [1.165, 1.54) is 0 Å². The summed E-state index contributed by atoms with van der Waals surface area (Å²) >= 11 is 0. The lowest BCUT2D eigenvalue weighted by atomic mass is 9.85. The Kier molecular flexibility index (Phi) is 3.35. The first-order valence-corrected chi connectivity index (χ1v) is 8.49. The van der Waals surface area contributed by atoms with Gasteiger partial charge in [0.15, 0.2) is 0 Å². The summed E-state index contributed by atoms with van der Waals surface area (Å²) in [5.74, 6) is 0.126. The van der Waals surface area contributed by atoms with Gasteiger partial charge in [-0.25, -0.2) is 0 Å². The summed E-state index contributed by atoms with van der Waals surface area (Å²) < 4.78 is 0. The van der Waals surface area contributed by atoms with Crippen LogP contribution in [0.3, 0.4) is 0 Å². The van der Waals surface area contributed by atoms with Crippen LogP contribution in [0.1, 0.15) is 25.8 Å². The van der Waals surface area contributed by atoms with E-state index < -0.39 is 5.41 Å². The first kappa shape index (κ1) is 15.7. The van der Waals surface area contributed by atoms with Crippen molar-refractivity contribution >= 4 is 28.9 Å². The van der Waals surface area contributed by atoms with Crippen LogP contribution in [-0.2, 0) is 15.0 Å². The molecule has 2 aliphatic rings. The lowest BCUT2D eigenvalue weighted by Crippen LogP contribution is -2.33. The van der Waals surface area contributed by atoms with Gasteiger partial charge in [0.25, 0.3) is 0 Å². The molecule has 0 saturated carbocycles. The van der Waals surface area contributed by atoms with Gasteiger partial charge in [-0.15, -0.1) is 0 Å². The molecule has 5 nitrogen and oxygen atoms in total. The number of rotatable bonds is 1. The fourth-order valence-electron chi connectivity index (χ4n) is 3.75. The van der Waals surface area contributed by atoms with Crippen LogP contribution < -0.4 is 15.5 Å². The fourth-order valence-corrected chi connectivity index (χ4v) is 3.75. The number of nitrogens with one attached hydrogen (secondary N) is 2. The molecule has 128 valence electrons. The Bertz CT molecular complexity index is 902. The van der Waals surface area contributed by atoms with Gasteiger partial charge in [0.1, 0.15) is 0 Å². The van der Waals surface area contributed by atoms with Crippen molar-refractivity contribution in [3.8, 4) is 11.1 Å². The molecular weight excluding hydrogens is 314 g/mol. The summed E-state index contributed by atoms with van der Waals surface area (Å²) in [6.07, 6.45) is 0.448. The molecule has 0 saturated heterocycles. The number of nitrogens with zero attached hydrogens (tertiary/aromatic N) is 1. The van der Waals surface area contributed by atoms with Gasteiger partial charge >= 0.3 is 0 Å². The Morgan fingerprint density at radius 2 is 1.92 bits per heavy atom. The van der Waals surface area contributed by atoms with Crippen LogP contribution in [0.15, 0.2) is 36.4 Å². The third kappa shape index (κ3) is 2.30. The van der Waals surface area contributed by atoms with Crippen LogP contribution in [0.25, 0.3) is 11.1 Å². The standard InChI is InChI=1S/C20H21N3O2/c1-20(2)14-8-7-12(11-16(14)23(3)19(20)25)13-5-4-6-15-18(13)21-10-9-17(24)22-15/h4-8,11,21H,9-10H2,1-3H3,(H,22,24). The first-order valence-electron chi connectivity index (χ1n) is 8.49. The van der Waals surface area contributed by atoms with Crippen LogP contribution in [0.5, 0.6) is 0 Å². The van der Waals surface area contributed by atoms with Gasteiger partial charge in [-0.3, -0.25) is 9.59 Å². The molecule has 0 aliphatic carbocycles. The van der Waals surface area contributed by atoms with E-state index in [2.05, 4.69) is 22.8 Å². The summed E-state index contributed by atoms with van der Waals surface area (Å²) in [4.78, 5) is 26.0. The monoisotopic (exact) mass is 335 g/mol. The summed E-state index contributed by atoms with van der Waals surface area (Å²) in [6, 6.07) is 12.0. The molecule has 2 N–H and O–H groups in total. The SMILES string of the molecule is CN1C(=O)C(C)(C)c2ccc(-c3cccc4c3NCCC(=O)N4)cc21. The number of para-hydroxylation sites is 1. The predicted octanol–water partition coefficient (Wildman–Crippen LogP) is 3.36. The summed E-state index contributed by atoms with van der Waals surface area (Å²) in [7, 11) is 1.82. The minimum atomic E-state index is -0.498. The number of hydrogen-bond donors (Lipinski definition) is 2. The molecule has 0 atom stereocenters. The Morgan fingerprint density at radius 1 is 1.12 bits per heavy atom.